The third-order valence-electron chi connectivity index (χ3n) is 1.98. The van der Waals surface area contributed by atoms with Crippen molar-refractivity contribution >= 4 is 22.6 Å². The molecule has 2 atom stereocenters. The Balaban J connectivity index is 2.08. The van der Waals surface area contributed by atoms with E-state index in [-0.39, 0.29) is 0 Å². The second-order valence-electron chi connectivity index (χ2n) is 2.64. The van der Waals surface area contributed by atoms with Crippen LogP contribution in [0.15, 0.2) is 0 Å². The maximum atomic E-state index is 2.58. The van der Waals surface area contributed by atoms with Crippen molar-refractivity contribution in [3.05, 3.63) is 0 Å². The SMILES string of the molecule is CCCC1CCC1I. The van der Waals surface area contributed by atoms with Gasteiger partial charge in [0.1, 0.15) is 0 Å². The summed E-state index contributed by atoms with van der Waals surface area (Å²) >= 11 is 2.58. The highest BCUT2D eigenvalue weighted by Crippen LogP contribution is 2.37. The largest absolute Gasteiger partial charge is 0.0823 e. The van der Waals surface area contributed by atoms with Crippen LogP contribution >= 0.6 is 22.6 Å². The molecule has 0 spiro atoms. The Morgan fingerprint density at radius 1 is 1.50 bits per heavy atom. The fourth-order valence-corrected chi connectivity index (χ4v) is 2.30. The zero-order chi connectivity index (χ0) is 5.98. The molecule has 0 nitrogen and oxygen atoms in total. The summed E-state index contributed by atoms with van der Waals surface area (Å²) in [6, 6.07) is 0. The van der Waals surface area contributed by atoms with Crippen LogP contribution in [0.2, 0.25) is 0 Å². The molecule has 0 bridgehead atoms. The lowest BCUT2D eigenvalue weighted by atomic mass is 9.82. The van der Waals surface area contributed by atoms with Gasteiger partial charge in [-0.15, -0.1) is 0 Å². The summed E-state index contributed by atoms with van der Waals surface area (Å²) in [7, 11) is 0. The van der Waals surface area contributed by atoms with Gasteiger partial charge < -0.3 is 0 Å². The van der Waals surface area contributed by atoms with Crippen molar-refractivity contribution in [1.29, 1.82) is 0 Å². The molecule has 1 fully saturated rings. The summed E-state index contributed by atoms with van der Waals surface area (Å²) in [6.07, 6.45) is 5.82. The van der Waals surface area contributed by atoms with Gasteiger partial charge in [-0.1, -0.05) is 35.9 Å². The third kappa shape index (κ3) is 1.36. The van der Waals surface area contributed by atoms with Gasteiger partial charge in [-0.2, -0.15) is 0 Å². The van der Waals surface area contributed by atoms with Crippen molar-refractivity contribution in [2.45, 2.75) is 36.5 Å². The van der Waals surface area contributed by atoms with Crippen molar-refractivity contribution < 1.29 is 0 Å². The topological polar surface area (TPSA) is 0 Å². The van der Waals surface area contributed by atoms with E-state index in [0.717, 1.165) is 9.84 Å². The fourth-order valence-electron chi connectivity index (χ4n) is 1.22. The van der Waals surface area contributed by atoms with Crippen LogP contribution in [0.5, 0.6) is 0 Å². The zero-order valence-electron chi connectivity index (χ0n) is 5.36. The molecule has 1 aliphatic rings. The molecule has 8 heavy (non-hydrogen) atoms. The van der Waals surface area contributed by atoms with E-state index in [9.17, 15) is 0 Å². The lowest BCUT2D eigenvalue weighted by Gasteiger charge is -2.31. The van der Waals surface area contributed by atoms with E-state index in [2.05, 4.69) is 29.5 Å². The summed E-state index contributed by atoms with van der Waals surface area (Å²) < 4.78 is 1.02. The Hall–Kier alpha value is 0.730. The van der Waals surface area contributed by atoms with Crippen molar-refractivity contribution in [2.75, 3.05) is 0 Å². The van der Waals surface area contributed by atoms with E-state index in [0.29, 0.717) is 0 Å². The van der Waals surface area contributed by atoms with E-state index >= 15 is 0 Å². The highest BCUT2D eigenvalue weighted by molar-refractivity contribution is 14.1. The quantitative estimate of drug-likeness (QED) is 0.499. The van der Waals surface area contributed by atoms with Crippen LogP contribution in [0.4, 0.5) is 0 Å². The van der Waals surface area contributed by atoms with Crippen LogP contribution in [0.1, 0.15) is 32.6 Å². The lowest BCUT2D eigenvalue weighted by molar-refractivity contribution is 0.321. The first-order chi connectivity index (χ1) is 3.84. The van der Waals surface area contributed by atoms with Crippen LogP contribution in [0, 0.1) is 5.92 Å². The molecule has 0 aliphatic heterocycles. The molecule has 0 saturated heterocycles. The average molecular weight is 224 g/mol. The van der Waals surface area contributed by atoms with Crippen molar-refractivity contribution in [2.24, 2.45) is 5.92 Å². The van der Waals surface area contributed by atoms with Gasteiger partial charge in [0.15, 0.2) is 0 Å². The van der Waals surface area contributed by atoms with E-state index in [1.54, 1.807) is 0 Å². The summed E-state index contributed by atoms with van der Waals surface area (Å²) in [4.78, 5) is 0. The van der Waals surface area contributed by atoms with Gasteiger partial charge in [-0.05, 0) is 25.2 Å². The van der Waals surface area contributed by atoms with Gasteiger partial charge in [0.2, 0.25) is 0 Å². The first kappa shape index (κ1) is 6.84. The Labute approximate surface area is 65.2 Å². The predicted octanol–water partition coefficient (Wildman–Crippen LogP) is 3.00. The van der Waals surface area contributed by atoms with Gasteiger partial charge >= 0.3 is 0 Å². The molecule has 0 heterocycles. The number of halogens is 1. The Bertz CT molecular complexity index is 70.8. The first-order valence-electron chi connectivity index (χ1n) is 3.48. The molecule has 0 aromatic heterocycles. The van der Waals surface area contributed by atoms with Gasteiger partial charge in [0, 0.05) is 3.92 Å². The van der Waals surface area contributed by atoms with Crippen molar-refractivity contribution in [3.63, 3.8) is 0 Å². The summed E-state index contributed by atoms with van der Waals surface area (Å²) in [5.74, 6) is 1.08. The van der Waals surface area contributed by atoms with Crippen molar-refractivity contribution in [1.82, 2.24) is 0 Å². The Morgan fingerprint density at radius 3 is 2.38 bits per heavy atom. The molecule has 1 heteroatoms. The monoisotopic (exact) mass is 224 g/mol. The number of hydrogen-bond acceptors (Lipinski definition) is 0. The van der Waals surface area contributed by atoms with E-state index in [1.807, 2.05) is 0 Å². The van der Waals surface area contributed by atoms with Gasteiger partial charge in [-0.25, -0.2) is 0 Å². The standard InChI is InChI=1S/C7H13I/c1-2-3-6-4-5-7(6)8/h6-7H,2-5H2,1H3. The fraction of sp³-hybridized carbons (Fsp3) is 1.00. The molecule has 2 unspecified atom stereocenters. The molecule has 0 aromatic carbocycles. The van der Waals surface area contributed by atoms with Crippen LogP contribution in [0.3, 0.4) is 0 Å². The summed E-state index contributed by atoms with van der Waals surface area (Å²) in [6.45, 7) is 2.28. The van der Waals surface area contributed by atoms with Gasteiger partial charge in [0.05, 0.1) is 0 Å². The third-order valence-corrected chi connectivity index (χ3v) is 3.62. The minimum absolute atomic E-state index is 1.02. The van der Waals surface area contributed by atoms with Crippen LogP contribution in [-0.2, 0) is 0 Å². The van der Waals surface area contributed by atoms with E-state index in [4.69, 9.17) is 0 Å². The predicted molar refractivity (Wildman–Crippen MR) is 45.4 cm³/mol. The summed E-state index contributed by atoms with van der Waals surface area (Å²) in [5.41, 5.74) is 0. The van der Waals surface area contributed by atoms with Gasteiger partial charge in [-0.3, -0.25) is 0 Å². The molecule has 1 rings (SSSR count). The molecule has 1 aliphatic carbocycles. The maximum Gasteiger partial charge on any atom is 0.0138 e. The lowest BCUT2D eigenvalue weighted by Crippen LogP contribution is -2.25. The van der Waals surface area contributed by atoms with E-state index < -0.39 is 0 Å². The molecule has 0 aromatic rings. The average Bonchev–Trinajstić information content (AvgIpc) is 1.79. The van der Waals surface area contributed by atoms with Gasteiger partial charge in [0.25, 0.3) is 0 Å². The highest BCUT2D eigenvalue weighted by Gasteiger charge is 2.26. The van der Waals surface area contributed by atoms with Crippen LogP contribution < -0.4 is 0 Å². The molecule has 48 valence electrons. The molecular weight excluding hydrogens is 211 g/mol. The summed E-state index contributed by atoms with van der Waals surface area (Å²) in [5, 5.41) is 0. The van der Waals surface area contributed by atoms with Crippen molar-refractivity contribution in [3.8, 4) is 0 Å². The second kappa shape index (κ2) is 3.04. The normalized spacial score (nSPS) is 36.8. The molecule has 0 radical (unpaired) electrons. The maximum absolute atomic E-state index is 2.58. The van der Waals surface area contributed by atoms with E-state index in [1.165, 1.54) is 25.7 Å². The molecule has 0 N–H and O–H groups in total. The zero-order valence-corrected chi connectivity index (χ0v) is 7.52. The number of rotatable bonds is 2. The second-order valence-corrected chi connectivity index (χ2v) is 4.24. The minimum atomic E-state index is 1.02. The Kier molecular flexibility index (Phi) is 2.60. The number of hydrogen-bond donors (Lipinski definition) is 0. The first-order valence-corrected chi connectivity index (χ1v) is 4.73. The van der Waals surface area contributed by atoms with Crippen LogP contribution in [0.25, 0.3) is 0 Å². The smallest absolute Gasteiger partial charge is 0.0138 e. The Morgan fingerprint density at radius 2 is 2.25 bits per heavy atom. The molecular formula is C7H13I. The molecule has 0 amide bonds. The number of alkyl halides is 1. The molecule has 1 saturated carbocycles. The minimum Gasteiger partial charge on any atom is -0.0823 e. The van der Waals surface area contributed by atoms with Crippen LogP contribution in [-0.4, -0.2) is 3.92 Å². The highest BCUT2D eigenvalue weighted by atomic mass is 127.